The average molecular weight is 445 g/mol. The Kier molecular flexibility index (Phi) is 5.27. The molecule has 0 radical (unpaired) electrons. The van der Waals surface area contributed by atoms with E-state index in [0.29, 0.717) is 26.9 Å². The van der Waals surface area contributed by atoms with Crippen LogP contribution in [0.3, 0.4) is 0 Å². The lowest BCUT2D eigenvalue weighted by Crippen LogP contribution is -2.48. The Morgan fingerprint density at radius 2 is 2.11 bits per heavy atom. The Bertz CT molecular complexity index is 884. The Morgan fingerprint density at radius 1 is 1.41 bits per heavy atom. The first-order valence-corrected chi connectivity index (χ1v) is 8.97. The zero-order valence-electron chi connectivity index (χ0n) is 14.3. The van der Waals surface area contributed by atoms with Crippen molar-refractivity contribution in [3.8, 4) is 0 Å². The second-order valence-electron chi connectivity index (χ2n) is 6.54. The number of nitrogens with one attached hydrogen (secondary N) is 1. The fourth-order valence-corrected chi connectivity index (χ4v) is 3.89. The standard InChI is InChI=1S/C18H17BrF4N4/c1-9-4-12-11(2-3-15(25)13(12)6-24)17(27(9)8-18(21,22)23)16-14(20)5-10(19)7-26-16/h2-3,5-7,9,17,24H,4,8,25H2,1H3/t9-,17+/m1/s1. The van der Waals surface area contributed by atoms with Gasteiger partial charge >= 0.3 is 6.18 Å². The monoisotopic (exact) mass is 444 g/mol. The van der Waals surface area contributed by atoms with Crippen LogP contribution in [0.4, 0.5) is 23.2 Å². The Hall–Kier alpha value is -2.00. The van der Waals surface area contributed by atoms with E-state index in [-0.39, 0.29) is 12.1 Å². The summed E-state index contributed by atoms with van der Waals surface area (Å²) in [5.41, 5.74) is 7.80. The van der Waals surface area contributed by atoms with Crippen LogP contribution in [0.15, 0.2) is 28.9 Å². The number of benzene rings is 1. The number of aromatic nitrogens is 1. The van der Waals surface area contributed by atoms with Crippen LogP contribution in [-0.2, 0) is 6.42 Å². The molecule has 0 aliphatic carbocycles. The highest BCUT2D eigenvalue weighted by Crippen LogP contribution is 2.41. The average Bonchev–Trinajstić information content (AvgIpc) is 2.55. The number of halogens is 5. The topological polar surface area (TPSA) is 66.0 Å². The fraction of sp³-hybridized carbons (Fsp3) is 0.333. The first kappa shape index (κ1) is 19.8. The minimum atomic E-state index is -4.45. The molecule has 9 heteroatoms. The molecule has 1 aliphatic heterocycles. The maximum atomic E-state index is 14.7. The van der Waals surface area contributed by atoms with Gasteiger partial charge in [-0.05, 0) is 52.5 Å². The van der Waals surface area contributed by atoms with Gasteiger partial charge in [-0.3, -0.25) is 9.88 Å². The number of anilines is 1. The molecule has 1 aliphatic rings. The van der Waals surface area contributed by atoms with Crippen LogP contribution in [0.5, 0.6) is 0 Å². The van der Waals surface area contributed by atoms with Crippen molar-refractivity contribution >= 4 is 27.8 Å². The largest absolute Gasteiger partial charge is 0.401 e. The van der Waals surface area contributed by atoms with E-state index >= 15 is 0 Å². The summed E-state index contributed by atoms with van der Waals surface area (Å²) in [5, 5.41) is 7.63. The molecule has 27 heavy (non-hydrogen) atoms. The van der Waals surface area contributed by atoms with Crippen molar-refractivity contribution in [2.75, 3.05) is 12.3 Å². The van der Waals surface area contributed by atoms with Gasteiger partial charge in [-0.1, -0.05) is 6.07 Å². The molecule has 0 saturated carbocycles. The van der Waals surface area contributed by atoms with Crippen molar-refractivity contribution in [1.82, 2.24) is 9.88 Å². The van der Waals surface area contributed by atoms with Crippen LogP contribution in [0.1, 0.15) is 35.3 Å². The van der Waals surface area contributed by atoms with Crippen molar-refractivity contribution in [3.63, 3.8) is 0 Å². The second kappa shape index (κ2) is 7.20. The highest BCUT2D eigenvalue weighted by Gasteiger charge is 2.42. The van der Waals surface area contributed by atoms with Crippen LogP contribution in [0.25, 0.3) is 0 Å². The smallest absolute Gasteiger partial charge is 0.398 e. The van der Waals surface area contributed by atoms with E-state index in [1.54, 1.807) is 13.0 Å². The molecule has 0 spiro atoms. The summed E-state index contributed by atoms with van der Waals surface area (Å²) in [4.78, 5) is 5.27. The molecule has 3 N–H and O–H groups in total. The number of nitrogens with zero attached hydrogens (tertiary/aromatic N) is 2. The molecule has 1 aromatic carbocycles. The highest BCUT2D eigenvalue weighted by atomic mass is 79.9. The number of hydrogen-bond donors (Lipinski definition) is 2. The first-order chi connectivity index (χ1) is 12.6. The third-order valence-electron chi connectivity index (χ3n) is 4.72. The molecule has 0 fully saturated rings. The van der Waals surface area contributed by atoms with Gasteiger partial charge in [0.05, 0.1) is 18.3 Å². The molecule has 0 amide bonds. The third kappa shape index (κ3) is 3.84. The molecular formula is C18H17BrF4N4. The maximum Gasteiger partial charge on any atom is 0.401 e. The van der Waals surface area contributed by atoms with Crippen LogP contribution >= 0.6 is 15.9 Å². The lowest BCUT2D eigenvalue weighted by atomic mass is 9.83. The van der Waals surface area contributed by atoms with Gasteiger partial charge in [0, 0.05) is 34.2 Å². The lowest BCUT2D eigenvalue weighted by molar-refractivity contribution is -0.155. The van der Waals surface area contributed by atoms with Gasteiger partial charge in [0.1, 0.15) is 5.82 Å². The predicted octanol–water partition coefficient (Wildman–Crippen LogP) is 4.46. The molecule has 144 valence electrons. The predicted molar refractivity (Wildman–Crippen MR) is 98.4 cm³/mol. The van der Waals surface area contributed by atoms with Crippen LogP contribution in [0, 0.1) is 11.2 Å². The van der Waals surface area contributed by atoms with Gasteiger partial charge in [0.2, 0.25) is 0 Å². The van der Waals surface area contributed by atoms with Gasteiger partial charge in [-0.2, -0.15) is 13.2 Å². The number of nitrogens with two attached hydrogens (primary N) is 1. The summed E-state index contributed by atoms with van der Waals surface area (Å²) < 4.78 is 54.7. The molecule has 0 saturated heterocycles. The molecule has 3 rings (SSSR count). The van der Waals surface area contributed by atoms with E-state index in [1.165, 1.54) is 23.2 Å². The van der Waals surface area contributed by atoms with E-state index in [9.17, 15) is 17.6 Å². The van der Waals surface area contributed by atoms with Gasteiger partial charge < -0.3 is 11.1 Å². The van der Waals surface area contributed by atoms with Gasteiger partial charge in [0.25, 0.3) is 0 Å². The minimum absolute atomic E-state index is 0.0871. The number of pyridine rings is 1. The Labute approximate surface area is 162 Å². The number of nitrogen functional groups attached to an aromatic ring is 1. The van der Waals surface area contributed by atoms with Crippen LogP contribution < -0.4 is 5.73 Å². The Balaban J connectivity index is 2.24. The van der Waals surface area contributed by atoms with E-state index in [2.05, 4.69) is 20.9 Å². The highest BCUT2D eigenvalue weighted by molar-refractivity contribution is 9.10. The van der Waals surface area contributed by atoms with E-state index in [1.807, 2.05) is 0 Å². The van der Waals surface area contributed by atoms with E-state index in [0.717, 1.165) is 6.21 Å². The SMILES string of the molecule is C[C@@H]1Cc2c(ccc(N)c2C=N)[C@@H](c2ncc(Br)cc2F)N1CC(F)(F)F. The van der Waals surface area contributed by atoms with Crippen molar-refractivity contribution in [2.24, 2.45) is 0 Å². The number of hydrogen-bond acceptors (Lipinski definition) is 4. The molecule has 0 unspecified atom stereocenters. The summed E-state index contributed by atoms with van der Waals surface area (Å²) in [7, 11) is 0. The normalized spacial score (nSPS) is 20.4. The first-order valence-electron chi connectivity index (χ1n) is 8.17. The summed E-state index contributed by atoms with van der Waals surface area (Å²) in [6.45, 7) is 0.453. The van der Waals surface area contributed by atoms with Crippen LogP contribution in [-0.4, -0.2) is 34.9 Å². The Morgan fingerprint density at radius 3 is 2.70 bits per heavy atom. The van der Waals surface area contributed by atoms with Crippen LogP contribution in [0.2, 0.25) is 0 Å². The summed E-state index contributed by atoms with van der Waals surface area (Å²) >= 11 is 3.12. The minimum Gasteiger partial charge on any atom is -0.398 e. The lowest BCUT2D eigenvalue weighted by Gasteiger charge is -2.42. The maximum absolute atomic E-state index is 14.7. The molecule has 0 bridgehead atoms. The van der Waals surface area contributed by atoms with E-state index in [4.69, 9.17) is 11.1 Å². The molecule has 1 aromatic heterocycles. The molecule has 2 heterocycles. The second-order valence-corrected chi connectivity index (χ2v) is 7.46. The van der Waals surface area contributed by atoms with E-state index < -0.39 is 30.6 Å². The molecular weight excluding hydrogens is 428 g/mol. The van der Waals surface area contributed by atoms with Crippen molar-refractivity contribution < 1.29 is 17.6 Å². The number of alkyl halides is 3. The van der Waals surface area contributed by atoms with Crippen molar-refractivity contribution in [2.45, 2.75) is 31.6 Å². The van der Waals surface area contributed by atoms with Crippen molar-refractivity contribution in [1.29, 1.82) is 5.41 Å². The zero-order valence-corrected chi connectivity index (χ0v) is 15.9. The zero-order chi connectivity index (χ0) is 19.9. The summed E-state index contributed by atoms with van der Waals surface area (Å²) in [6.07, 6.45) is -1.73. The molecule has 2 aromatic rings. The van der Waals surface area contributed by atoms with Gasteiger partial charge in [0.15, 0.2) is 0 Å². The third-order valence-corrected chi connectivity index (χ3v) is 5.15. The van der Waals surface area contributed by atoms with Gasteiger partial charge in [-0.25, -0.2) is 4.39 Å². The summed E-state index contributed by atoms with van der Waals surface area (Å²) in [5.74, 6) is -0.699. The molecule has 4 nitrogen and oxygen atoms in total. The molecule has 2 atom stereocenters. The number of rotatable bonds is 3. The summed E-state index contributed by atoms with van der Waals surface area (Å²) in [6, 6.07) is 2.74. The fourth-order valence-electron chi connectivity index (χ4n) is 3.58. The van der Waals surface area contributed by atoms with Crippen molar-refractivity contribution in [3.05, 3.63) is 57.1 Å². The number of fused-ring (bicyclic) bond motifs is 1. The quantitative estimate of drug-likeness (QED) is 0.417. The van der Waals surface area contributed by atoms with Gasteiger partial charge in [-0.15, -0.1) is 0 Å².